The van der Waals surface area contributed by atoms with Gasteiger partial charge in [0.2, 0.25) is 0 Å². The van der Waals surface area contributed by atoms with Crippen molar-refractivity contribution in [2.24, 2.45) is 0 Å². The molecule has 1 atom stereocenters. The molecule has 2 N–H and O–H groups in total. The average Bonchev–Trinajstić information content (AvgIpc) is 3.04. The van der Waals surface area contributed by atoms with Crippen LogP contribution in [0.2, 0.25) is 0 Å². The lowest BCUT2D eigenvalue weighted by Crippen LogP contribution is -2.32. The molecule has 1 amide bonds. The normalized spacial score (nSPS) is 12.5. The van der Waals surface area contributed by atoms with Crippen LogP contribution in [0.4, 0.5) is 10.5 Å². The highest BCUT2D eigenvalue weighted by Gasteiger charge is 2.17. The SMILES string of the molecule is CCC(Nc1ccccc1CNC(=O)OC(C)(C)C)c1cccs1. The van der Waals surface area contributed by atoms with Gasteiger partial charge in [0.25, 0.3) is 0 Å². The largest absolute Gasteiger partial charge is 0.444 e. The van der Waals surface area contributed by atoms with Crippen molar-refractivity contribution >= 4 is 23.1 Å². The van der Waals surface area contributed by atoms with E-state index in [4.69, 9.17) is 4.74 Å². The monoisotopic (exact) mass is 346 g/mol. The number of ether oxygens (including phenoxy) is 1. The molecule has 130 valence electrons. The number of nitrogens with one attached hydrogen (secondary N) is 2. The zero-order valence-electron chi connectivity index (χ0n) is 14.8. The summed E-state index contributed by atoms with van der Waals surface area (Å²) in [6.45, 7) is 8.16. The van der Waals surface area contributed by atoms with E-state index in [1.54, 1.807) is 11.3 Å². The van der Waals surface area contributed by atoms with Gasteiger partial charge in [-0.1, -0.05) is 31.2 Å². The number of hydrogen-bond acceptors (Lipinski definition) is 4. The Morgan fingerprint density at radius 2 is 1.96 bits per heavy atom. The van der Waals surface area contributed by atoms with Crippen molar-refractivity contribution in [3.05, 3.63) is 52.2 Å². The molecule has 5 heteroatoms. The van der Waals surface area contributed by atoms with Crippen LogP contribution in [0.5, 0.6) is 0 Å². The lowest BCUT2D eigenvalue weighted by molar-refractivity contribution is 0.0523. The van der Waals surface area contributed by atoms with Gasteiger partial charge in [0.15, 0.2) is 0 Å². The van der Waals surface area contributed by atoms with Gasteiger partial charge in [-0.25, -0.2) is 4.79 Å². The molecule has 24 heavy (non-hydrogen) atoms. The van der Waals surface area contributed by atoms with E-state index in [-0.39, 0.29) is 6.04 Å². The van der Waals surface area contributed by atoms with E-state index in [0.29, 0.717) is 6.54 Å². The first kappa shape index (κ1) is 18.3. The van der Waals surface area contributed by atoms with Crippen molar-refractivity contribution in [3.8, 4) is 0 Å². The number of thiophene rings is 1. The van der Waals surface area contributed by atoms with Crippen molar-refractivity contribution < 1.29 is 9.53 Å². The fourth-order valence-electron chi connectivity index (χ4n) is 2.35. The maximum Gasteiger partial charge on any atom is 0.407 e. The Labute approximate surface area is 148 Å². The minimum absolute atomic E-state index is 0.271. The second kappa shape index (κ2) is 8.20. The van der Waals surface area contributed by atoms with Crippen LogP contribution in [-0.2, 0) is 11.3 Å². The number of anilines is 1. The second-order valence-corrected chi connectivity index (χ2v) is 7.61. The molecule has 0 aliphatic heterocycles. The summed E-state index contributed by atoms with van der Waals surface area (Å²) in [5.74, 6) is 0. The molecular weight excluding hydrogens is 320 g/mol. The van der Waals surface area contributed by atoms with E-state index in [0.717, 1.165) is 17.7 Å². The Balaban J connectivity index is 2.03. The second-order valence-electron chi connectivity index (χ2n) is 6.63. The summed E-state index contributed by atoms with van der Waals surface area (Å²) in [5.41, 5.74) is 1.58. The molecular formula is C19H26N2O2S. The van der Waals surface area contributed by atoms with Crippen molar-refractivity contribution in [2.45, 2.75) is 52.3 Å². The molecule has 4 nitrogen and oxygen atoms in total. The van der Waals surface area contributed by atoms with Crippen LogP contribution in [0.1, 0.15) is 50.6 Å². The highest BCUT2D eigenvalue weighted by atomic mass is 32.1. The van der Waals surface area contributed by atoms with Crippen LogP contribution >= 0.6 is 11.3 Å². The predicted octanol–water partition coefficient (Wildman–Crippen LogP) is 5.34. The summed E-state index contributed by atoms with van der Waals surface area (Å²) in [4.78, 5) is 13.2. The van der Waals surface area contributed by atoms with Crippen molar-refractivity contribution in [1.82, 2.24) is 5.32 Å². The van der Waals surface area contributed by atoms with E-state index in [1.165, 1.54) is 4.88 Å². The molecule has 1 unspecified atom stereocenters. The van der Waals surface area contributed by atoms with Gasteiger partial charge in [-0.15, -0.1) is 11.3 Å². The first-order valence-electron chi connectivity index (χ1n) is 8.23. The van der Waals surface area contributed by atoms with Crippen molar-refractivity contribution in [2.75, 3.05) is 5.32 Å². The Bertz CT molecular complexity index is 648. The van der Waals surface area contributed by atoms with Gasteiger partial charge in [0.05, 0.1) is 6.04 Å². The van der Waals surface area contributed by atoms with Gasteiger partial charge in [-0.2, -0.15) is 0 Å². The summed E-state index contributed by atoms with van der Waals surface area (Å²) < 4.78 is 5.29. The minimum atomic E-state index is -0.492. The number of alkyl carbamates (subject to hydrolysis) is 1. The molecule has 1 heterocycles. The van der Waals surface area contributed by atoms with Crippen LogP contribution in [0.15, 0.2) is 41.8 Å². The fourth-order valence-corrected chi connectivity index (χ4v) is 3.21. The molecule has 0 fully saturated rings. The third-order valence-corrected chi connectivity index (χ3v) is 4.45. The van der Waals surface area contributed by atoms with Gasteiger partial charge < -0.3 is 15.4 Å². The zero-order valence-corrected chi connectivity index (χ0v) is 15.6. The summed E-state index contributed by atoms with van der Waals surface area (Å²) in [5, 5.41) is 8.51. The van der Waals surface area contributed by atoms with Crippen molar-refractivity contribution in [1.29, 1.82) is 0 Å². The topological polar surface area (TPSA) is 50.4 Å². The molecule has 0 bridgehead atoms. The van der Waals surface area contributed by atoms with Crippen LogP contribution < -0.4 is 10.6 Å². The third-order valence-electron chi connectivity index (χ3n) is 3.46. The van der Waals surface area contributed by atoms with E-state index < -0.39 is 11.7 Å². The standard InChI is InChI=1S/C19H26N2O2S/c1-5-15(17-11-8-12-24-17)21-16-10-7-6-9-14(16)13-20-18(22)23-19(2,3)4/h6-12,15,21H,5,13H2,1-4H3,(H,20,22). The number of benzene rings is 1. The lowest BCUT2D eigenvalue weighted by atomic mass is 10.1. The van der Waals surface area contributed by atoms with Gasteiger partial charge in [0, 0.05) is 17.1 Å². The molecule has 0 spiro atoms. The Hall–Kier alpha value is -2.01. The van der Waals surface area contributed by atoms with Crippen LogP contribution in [0.3, 0.4) is 0 Å². The van der Waals surface area contributed by atoms with Gasteiger partial charge in [-0.3, -0.25) is 0 Å². The number of hydrogen-bond donors (Lipinski definition) is 2. The summed E-state index contributed by atoms with van der Waals surface area (Å²) in [6, 6.07) is 12.5. The highest BCUT2D eigenvalue weighted by Crippen LogP contribution is 2.27. The van der Waals surface area contributed by atoms with E-state index in [9.17, 15) is 4.79 Å². The lowest BCUT2D eigenvalue weighted by Gasteiger charge is -2.21. The molecule has 0 aliphatic rings. The summed E-state index contributed by atoms with van der Waals surface area (Å²) in [6.07, 6.45) is 0.594. The molecule has 0 saturated carbocycles. The number of carbonyl (C=O) groups excluding carboxylic acids is 1. The summed E-state index contributed by atoms with van der Waals surface area (Å²) in [7, 11) is 0. The molecule has 0 radical (unpaired) electrons. The summed E-state index contributed by atoms with van der Waals surface area (Å²) >= 11 is 1.75. The first-order valence-corrected chi connectivity index (χ1v) is 9.11. The average molecular weight is 346 g/mol. The quantitative estimate of drug-likeness (QED) is 0.742. The maximum atomic E-state index is 11.9. The van der Waals surface area contributed by atoms with E-state index in [2.05, 4.69) is 35.1 Å². The fraction of sp³-hybridized carbons (Fsp3) is 0.421. The smallest absolute Gasteiger partial charge is 0.407 e. The molecule has 0 aliphatic carbocycles. The third kappa shape index (κ3) is 5.57. The predicted molar refractivity (Wildman–Crippen MR) is 100 cm³/mol. The van der Waals surface area contributed by atoms with Crippen LogP contribution in [0, 0.1) is 0 Å². The highest BCUT2D eigenvalue weighted by molar-refractivity contribution is 7.10. The molecule has 0 saturated heterocycles. The number of amides is 1. The Morgan fingerprint density at radius 1 is 1.21 bits per heavy atom. The molecule has 1 aromatic heterocycles. The Morgan fingerprint density at radius 3 is 2.58 bits per heavy atom. The number of para-hydroxylation sites is 1. The van der Waals surface area contributed by atoms with E-state index >= 15 is 0 Å². The zero-order chi connectivity index (χ0) is 17.6. The molecule has 2 rings (SSSR count). The number of rotatable bonds is 6. The number of carbonyl (C=O) groups is 1. The van der Waals surface area contributed by atoms with Crippen molar-refractivity contribution in [3.63, 3.8) is 0 Å². The van der Waals surface area contributed by atoms with Gasteiger partial charge in [-0.05, 0) is 50.3 Å². The first-order chi connectivity index (χ1) is 11.4. The molecule has 1 aromatic carbocycles. The Kier molecular flexibility index (Phi) is 6.26. The van der Waals surface area contributed by atoms with E-state index in [1.807, 2.05) is 45.0 Å². The van der Waals surface area contributed by atoms with Crippen LogP contribution in [0.25, 0.3) is 0 Å². The van der Waals surface area contributed by atoms with Crippen LogP contribution in [-0.4, -0.2) is 11.7 Å². The minimum Gasteiger partial charge on any atom is -0.444 e. The van der Waals surface area contributed by atoms with Gasteiger partial charge >= 0.3 is 6.09 Å². The molecule has 2 aromatic rings. The maximum absolute atomic E-state index is 11.9. The van der Waals surface area contributed by atoms with Gasteiger partial charge in [0.1, 0.15) is 5.60 Å².